The standard InChI is InChI=1S/C19H28N2O3.ClH/c1-14(2)12-17(15-6-4-3-5-7-15)20-18(22)13-21-10-8-16(9-11-21)19(23)24;/h3-7,14,16-17H,8-13H2,1-2H3,(H,20,22)(H,23,24);1H. The molecular formula is C19H29ClN2O3. The summed E-state index contributed by atoms with van der Waals surface area (Å²) < 4.78 is 0. The van der Waals surface area contributed by atoms with Gasteiger partial charge in [-0.2, -0.15) is 0 Å². The summed E-state index contributed by atoms with van der Waals surface area (Å²) >= 11 is 0. The molecule has 0 radical (unpaired) electrons. The quantitative estimate of drug-likeness (QED) is 0.775. The van der Waals surface area contributed by atoms with Gasteiger partial charge in [0.1, 0.15) is 0 Å². The van der Waals surface area contributed by atoms with Crippen molar-refractivity contribution in [3.63, 3.8) is 0 Å². The summed E-state index contributed by atoms with van der Waals surface area (Å²) in [6.45, 7) is 5.99. The maximum atomic E-state index is 12.4. The topological polar surface area (TPSA) is 69.6 Å². The second kappa shape index (κ2) is 10.4. The minimum absolute atomic E-state index is 0. The van der Waals surface area contributed by atoms with Gasteiger partial charge in [0.05, 0.1) is 18.5 Å². The first-order chi connectivity index (χ1) is 11.5. The number of likely N-dealkylation sites (tertiary alicyclic amines) is 1. The van der Waals surface area contributed by atoms with Gasteiger partial charge in [-0.3, -0.25) is 14.5 Å². The van der Waals surface area contributed by atoms with E-state index in [1.165, 1.54) is 0 Å². The lowest BCUT2D eigenvalue weighted by molar-refractivity contribution is -0.143. The molecule has 6 heteroatoms. The number of piperidine rings is 1. The number of hydrogen-bond acceptors (Lipinski definition) is 3. The molecule has 1 aliphatic rings. The zero-order valence-electron chi connectivity index (χ0n) is 15.0. The van der Waals surface area contributed by atoms with Crippen LogP contribution in [0.5, 0.6) is 0 Å². The lowest BCUT2D eigenvalue weighted by Gasteiger charge is -2.30. The molecule has 0 aliphatic carbocycles. The van der Waals surface area contributed by atoms with Crippen LogP contribution in [-0.4, -0.2) is 41.5 Å². The van der Waals surface area contributed by atoms with E-state index in [9.17, 15) is 9.59 Å². The van der Waals surface area contributed by atoms with E-state index in [4.69, 9.17) is 5.11 Å². The third-order valence-corrected chi connectivity index (χ3v) is 4.55. The van der Waals surface area contributed by atoms with E-state index >= 15 is 0 Å². The first kappa shape index (κ1) is 21.5. The summed E-state index contributed by atoms with van der Waals surface area (Å²) in [6.07, 6.45) is 2.14. The molecule has 1 fully saturated rings. The number of nitrogens with one attached hydrogen (secondary N) is 1. The fraction of sp³-hybridized carbons (Fsp3) is 0.579. The first-order valence-electron chi connectivity index (χ1n) is 8.75. The summed E-state index contributed by atoms with van der Waals surface area (Å²) in [5.41, 5.74) is 1.13. The third kappa shape index (κ3) is 7.04. The highest BCUT2D eigenvalue weighted by Gasteiger charge is 2.26. The number of halogens is 1. The van der Waals surface area contributed by atoms with Gasteiger partial charge in [-0.15, -0.1) is 12.4 Å². The van der Waals surface area contributed by atoms with Crippen LogP contribution >= 0.6 is 12.4 Å². The molecule has 1 unspecified atom stereocenters. The molecular weight excluding hydrogens is 340 g/mol. The van der Waals surface area contributed by atoms with Gasteiger partial charge in [-0.05, 0) is 43.8 Å². The average molecular weight is 369 g/mol. The monoisotopic (exact) mass is 368 g/mol. The second-order valence-electron chi connectivity index (χ2n) is 7.05. The number of carbonyl (C=O) groups excluding carboxylic acids is 1. The fourth-order valence-corrected chi connectivity index (χ4v) is 3.22. The molecule has 5 nitrogen and oxygen atoms in total. The summed E-state index contributed by atoms with van der Waals surface area (Å²) in [5.74, 6) is -0.484. The molecule has 1 aromatic rings. The first-order valence-corrected chi connectivity index (χ1v) is 8.75. The SMILES string of the molecule is CC(C)CC(NC(=O)CN1CCC(C(=O)O)CC1)c1ccccc1.Cl. The Morgan fingerprint density at radius 2 is 1.80 bits per heavy atom. The zero-order chi connectivity index (χ0) is 17.5. The molecule has 140 valence electrons. The second-order valence-corrected chi connectivity index (χ2v) is 7.05. The van der Waals surface area contributed by atoms with Crippen molar-refractivity contribution < 1.29 is 14.7 Å². The molecule has 2 rings (SSSR count). The number of hydrogen-bond donors (Lipinski definition) is 2. The highest BCUT2D eigenvalue weighted by molar-refractivity contribution is 5.85. The van der Waals surface area contributed by atoms with Gasteiger partial charge in [-0.25, -0.2) is 0 Å². The van der Waals surface area contributed by atoms with Crippen LogP contribution in [0.1, 0.15) is 44.7 Å². The van der Waals surface area contributed by atoms with E-state index in [-0.39, 0.29) is 30.3 Å². The molecule has 0 bridgehead atoms. The molecule has 1 aliphatic heterocycles. The van der Waals surface area contributed by atoms with Crippen molar-refractivity contribution in [2.75, 3.05) is 19.6 Å². The normalized spacial score (nSPS) is 16.9. The Kier molecular flexibility index (Phi) is 8.93. The van der Waals surface area contributed by atoms with Crippen LogP contribution in [0.2, 0.25) is 0 Å². The molecule has 1 saturated heterocycles. The van der Waals surface area contributed by atoms with E-state index in [2.05, 4.69) is 19.2 Å². The molecule has 1 heterocycles. The predicted octanol–water partition coefficient (Wildman–Crippen LogP) is 3.11. The minimum Gasteiger partial charge on any atom is -0.481 e. The molecule has 0 aromatic heterocycles. The van der Waals surface area contributed by atoms with Crippen molar-refractivity contribution in [3.8, 4) is 0 Å². The number of rotatable bonds is 7. The largest absolute Gasteiger partial charge is 0.481 e. The molecule has 0 spiro atoms. The summed E-state index contributed by atoms with van der Waals surface area (Å²) in [4.78, 5) is 25.5. The molecule has 1 atom stereocenters. The van der Waals surface area contributed by atoms with Gasteiger partial charge in [-0.1, -0.05) is 44.2 Å². The van der Waals surface area contributed by atoms with Gasteiger partial charge in [0.25, 0.3) is 0 Å². The van der Waals surface area contributed by atoms with Crippen molar-refractivity contribution in [2.45, 2.75) is 39.2 Å². The Hall–Kier alpha value is -1.59. The zero-order valence-corrected chi connectivity index (χ0v) is 15.8. The predicted molar refractivity (Wildman–Crippen MR) is 101 cm³/mol. The number of nitrogens with zero attached hydrogens (tertiary/aromatic N) is 1. The van der Waals surface area contributed by atoms with Crippen LogP contribution in [0.25, 0.3) is 0 Å². The fourth-order valence-electron chi connectivity index (χ4n) is 3.22. The Morgan fingerprint density at radius 3 is 2.32 bits per heavy atom. The van der Waals surface area contributed by atoms with E-state index in [1.807, 2.05) is 35.2 Å². The lowest BCUT2D eigenvalue weighted by atomic mass is 9.96. The van der Waals surface area contributed by atoms with E-state index in [0.29, 0.717) is 38.4 Å². The van der Waals surface area contributed by atoms with Crippen LogP contribution in [0.4, 0.5) is 0 Å². The summed E-state index contributed by atoms with van der Waals surface area (Å²) in [6, 6.07) is 10.1. The van der Waals surface area contributed by atoms with Gasteiger partial charge >= 0.3 is 5.97 Å². The van der Waals surface area contributed by atoms with Gasteiger partial charge in [0, 0.05) is 0 Å². The molecule has 0 saturated carbocycles. The summed E-state index contributed by atoms with van der Waals surface area (Å²) in [5, 5.41) is 12.2. The maximum absolute atomic E-state index is 12.4. The van der Waals surface area contributed by atoms with Gasteiger partial charge in [0.2, 0.25) is 5.91 Å². The number of benzene rings is 1. The average Bonchev–Trinajstić information content (AvgIpc) is 2.55. The van der Waals surface area contributed by atoms with Crippen LogP contribution in [0.15, 0.2) is 30.3 Å². The van der Waals surface area contributed by atoms with Gasteiger partial charge in [0.15, 0.2) is 0 Å². The van der Waals surface area contributed by atoms with E-state index in [1.54, 1.807) is 0 Å². The smallest absolute Gasteiger partial charge is 0.306 e. The minimum atomic E-state index is -0.722. The van der Waals surface area contributed by atoms with E-state index < -0.39 is 5.97 Å². The highest BCUT2D eigenvalue weighted by Crippen LogP contribution is 2.21. The number of carbonyl (C=O) groups is 2. The Morgan fingerprint density at radius 1 is 1.20 bits per heavy atom. The van der Waals surface area contributed by atoms with Crippen molar-refractivity contribution in [3.05, 3.63) is 35.9 Å². The maximum Gasteiger partial charge on any atom is 0.306 e. The Bertz CT molecular complexity index is 543. The van der Waals surface area contributed by atoms with E-state index in [0.717, 1.165) is 12.0 Å². The van der Waals surface area contributed by atoms with Crippen LogP contribution in [0, 0.1) is 11.8 Å². The highest BCUT2D eigenvalue weighted by atomic mass is 35.5. The van der Waals surface area contributed by atoms with Gasteiger partial charge < -0.3 is 10.4 Å². The van der Waals surface area contributed by atoms with Crippen LogP contribution in [0.3, 0.4) is 0 Å². The number of aliphatic carboxylic acids is 1. The van der Waals surface area contributed by atoms with Crippen molar-refractivity contribution in [1.29, 1.82) is 0 Å². The summed E-state index contributed by atoms with van der Waals surface area (Å²) in [7, 11) is 0. The van der Waals surface area contributed by atoms with Crippen molar-refractivity contribution in [1.82, 2.24) is 10.2 Å². The number of carboxylic acids is 1. The Labute approximate surface area is 156 Å². The van der Waals surface area contributed by atoms with Crippen molar-refractivity contribution >= 4 is 24.3 Å². The number of carboxylic acid groups (broad SMARTS) is 1. The third-order valence-electron chi connectivity index (χ3n) is 4.55. The molecule has 2 N–H and O–H groups in total. The number of amides is 1. The molecule has 1 amide bonds. The van der Waals surface area contributed by atoms with Crippen molar-refractivity contribution in [2.24, 2.45) is 11.8 Å². The molecule has 25 heavy (non-hydrogen) atoms. The lowest BCUT2D eigenvalue weighted by Crippen LogP contribution is -2.43. The van der Waals surface area contributed by atoms with Crippen LogP contribution < -0.4 is 5.32 Å². The Balaban J connectivity index is 0.00000312. The van der Waals surface area contributed by atoms with Crippen LogP contribution in [-0.2, 0) is 9.59 Å². The molecule has 1 aromatic carbocycles.